The second-order valence-electron chi connectivity index (χ2n) is 3.02. The van der Waals surface area contributed by atoms with Gasteiger partial charge in [-0.1, -0.05) is 0 Å². The highest BCUT2D eigenvalue weighted by Gasteiger charge is 2.42. The van der Waals surface area contributed by atoms with Crippen LogP contribution < -0.4 is 5.73 Å². The van der Waals surface area contributed by atoms with E-state index >= 15 is 0 Å². The molecule has 78 valence electrons. The van der Waals surface area contributed by atoms with Gasteiger partial charge in [0.05, 0.1) is 12.6 Å². The first kappa shape index (κ1) is 10.8. The molecule has 6 heteroatoms. The summed E-state index contributed by atoms with van der Waals surface area (Å²) in [5.41, 5.74) is 5.54. The molecule has 5 atom stereocenters. The lowest BCUT2D eigenvalue weighted by atomic mass is 9.97. The van der Waals surface area contributed by atoms with E-state index in [1.54, 1.807) is 0 Å². The molecule has 5 N–H and O–H groups in total. The van der Waals surface area contributed by atoms with Crippen LogP contribution in [0.1, 0.15) is 0 Å². The van der Waals surface area contributed by atoms with Crippen molar-refractivity contribution in [3.05, 3.63) is 0 Å². The fourth-order valence-electron chi connectivity index (χ4n) is 1.38. The van der Waals surface area contributed by atoms with Gasteiger partial charge < -0.3 is 30.5 Å². The molecule has 0 aromatic heterocycles. The molecule has 1 rings (SSSR count). The molecule has 0 radical (unpaired) electrons. The summed E-state index contributed by atoms with van der Waals surface area (Å²) in [6, 6.07) is -0.752. The maximum atomic E-state index is 9.51. The molecule has 1 aliphatic heterocycles. The number of hydrogen-bond donors (Lipinski definition) is 4. The predicted molar refractivity (Wildman–Crippen MR) is 42.7 cm³/mol. The molecule has 1 fully saturated rings. The Morgan fingerprint density at radius 2 is 2.08 bits per heavy atom. The maximum absolute atomic E-state index is 9.51. The zero-order valence-electron chi connectivity index (χ0n) is 7.33. The van der Waals surface area contributed by atoms with Crippen molar-refractivity contribution in [1.82, 2.24) is 0 Å². The molecule has 0 aromatic rings. The predicted octanol–water partition coefficient (Wildman–Crippen LogP) is -2.60. The van der Waals surface area contributed by atoms with E-state index in [2.05, 4.69) is 0 Å². The first-order valence-electron chi connectivity index (χ1n) is 4.02. The van der Waals surface area contributed by atoms with Crippen LogP contribution >= 0.6 is 0 Å². The van der Waals surface area contributed by atoms with Crippen LogP contribution in [0.5, 0.6) is 0 Å². The normalized spacial score (nSPS) is 46.4. The number of aliphatic hydroxyl groups is 3. The molecule has 0 aromatic carbocycles. The molecular formula is C7H15NO5. The van der Waals surface area contributed by atoms with Crippen LogP contribution in [0.15, 0.2) is 0 Å². The summed E-state index contributed by atoms with van der Waals surface area (Å²) < 4.78 is 9.71. The highest BCUT2D eigenvalue weighted by atomic mass is 16.6. The van der Waals surface area contributed by atoms with Crippen molar-refractivity contribution in [3.8, 4) is 0 Å². The molecule has 1 aliphatic rings. The van der Waals surface area contributed by atoms with Crippen LogP contribution in [0.4, 0.5) is 0 Å². The van der Waals surface area contributed by atoms with Gasteiger partial charge >= 0.3 is 0 Å². The van der Waals surface area contributed by atoms with Crippen LogP contribution in [0.3, 0.4) is 0 Å². The Kier molecular flexibility index (Phi) is 3.60. The van der Waals surface area contributed by atoms with Gasteiger partial charge in [0.15, 0.2) is 6.29 Å². The van der Waals surface area contributed by atoms with Crippen molar-refractivity contribution in [1.29, 1.82) is 0 Å². The van der Waals surface area contributed by atoms with E-state index in [0.717, 1.165) is 0 Å². The van der Waals surface area contributed by atoms with Crippen molar-refractivity contribution >= 4 is 0 Å². The Labute approximate surface area is 75.9 Å². The molecule has 0 aliphatic carbocycles. The Balaban J connectivity index is 2.66. The molecule has 1 saturated heterocycles. The molecule has 6 nitrogen and oxygen atoms in total. The van der Waals surface area contributed by atoms with Gasteiger partial charge in [-0.15, -0.1) is 0 Å². The second-order valence-corrected chi connectivity index (χ2v) is 3.02. The van der Waals surface area contributed by atoms with E-state index in [0.29, 0.717) is 0 Å². The topological polar surface area (TPSA) is 105 Å². The molecule has 0 spiro atoms. The minimum Gasteiger partial charge on any atom is -0.394 e. The summed E-state index contributed by atoms with van der Waals surface area (Å²) in [6.07, 6.45) is -3.91. The average molecular weight is 193 g/mol. The summed E-state index contributed by atoms with van der Waals surface area (Å²) in [5.74, 6) is 0. The highest BCUT2D eigenvalue weighted by Crippen LogP contribution is 2.19. The zero-order valence-corrected chi connectivity index (χ0v) is 7.33. The number of ether oxygens (including phenoxy) is 2. The van der Waals surface area contributed by atoms with E-state index in [4.69, 9.17) is 20.3 Å². The van der Waals surface area contributed by atoms with E-state index in [1.807, 2.05) is 0 Å². The quantitative estimate of drug-likeness (QED) is 0.383. The van der Waals surface area contributed by atoms with Gasteiger partial charge in [0, 0.05) is 7.11 Å². The van der Waals surface area contributed by atoms with Crippen LogP contribution in [0.25, 0.3) is 0 Å². The lowest BCUT2D eigenvalue weighted by Crippen LogP contribution is -2.62. The molecule has 0 amide bonds. The Bertz CT molecular complexity index is 167. The minimum atomic E-state index is -1.25. The SMILES string of the molecule is CO[C@H]1[C@@H](O)[C@H](N)[C@@H](CO)O[C@@H]1O. The van der Waals surface area contributed by atoms with E-state index in [1.165, 1.54) is 7.11 Å². The molecule has 0 bridgehead atoms. The monoisotopic (exact) mass is 193 g/mol. The summed E-state index contributed by atoms with van der Waals surface area (Å²) in [7, 11) is 1.34. The minimum absolute atomic E-state index is 0.342. The summed E-state index contributed by atoms with van der Waals surface area (Å²) in [5, 5.41) is 27.6. The lowest BCUT2D eigenvalue weighted by Gasteiger charge is -2.39. The number of methoxy groups -OCH3 is 1. The molecule has 0 saturated carbocycles. The van der Waals surface area contributed by atoms with Gasteiger partial charge in [-0.25, -0.2) is 0 Å². The number of aliphatic hydroxyl groups excluding tert-OH is 3. The van der Waals surface area contributed by atoms with Crippen molar-refractivity contribution in [3.63, 3.8) is 0 Å². The fourth-order valence-corrected chi connectivity index (χ4v) is 1.38. The lowest BCUT2D eigenvalue weighted by molar-refractivity contribution is -0.264. The van der Waals surface area contributed by atoms with Gasteiger partial charge in [-0.05, 0) is 0 Å². The summed E-state index contributed by atoms with van der Waals surface area (Å²) in [4.78, 5) is 0. The first-order valence-corrected chi connectivity index (χ1v) is 4.02. The van der Waals surface area contributed by atoms with Crippen LogP contribution in [-0.2, 0) is 9.47 Å². The number of nitrogens with two attached hydrogens (primary N) is 1. The largest absolute Gasteiger partial charge is 0.394 e. The molecule has 1 heterocycles. The Morgan fingerprint density at radius 1 is 1.46 bits per heavy atom. The zero-order chi connectivity index (χ0) is 10.0. The van der Waals surface area contributed by atoms with E-state index < -0.39 is 30.6 Å². The van der Waals surface area contributed by atoms with Crippen LogP contribution in [-0.4, -0.2) is 59.7 Å². The smallest absolute Gasteiger partial charge is 0.184 e. The number of rotatable bonds is 2. The third kappa shape index (κ3) is 1.98. The van der Waals surface area contributed by atoms with Crippen molar-refractivity contribution in [2.75, 3.05) is 13.7 Å². The summed E-state index contributed by atoms with van der Waals surface area (Å²) >= 11 is 0. The Hall–Kier alpha value is -0.240. The Morgan fingerprint density at radius 3 is 2.54 bits per heavy atom. The third-order valence-electron chi connectivity index (χ3n) is 2.21. The molecule has 0 unspecified atom stereocenters. The average Bonchev–Trinajstić information content (AvgIpc) is 2.12. The van der Waals surface area contributed by atoms with Crippen molar-refractivity contribution in [2.24, 2.45) is 5.73 Å². The van der Waals surface area contributed by atoms with Crippen molar-refractivity contribution in [2.45, 2.75) is 30.6 Å². The van der Waals surface area contributed by atoms with Gasteiger partial charge in [-0.3, -0.25) is 0 Å². The van der Waals surface area contributed by atoms with Gasteiger partial charge in [0.1, 0.15) is 18.3 Å². The molecule has 13 heavy (non-hydrogen) atoms. The second kappa shape index (κ2) is 4.32. The maximum Gasteiger partial charge on any atom is 0.184 e. The van der Waals surface area contributed by atoms with Crippen LogP contribution in [0, 0.1) is 0 Å². The van der Waals surface area contributed by atoms with Crippen LogP contribution in [0.2, 0.25) is 0 Å². The third-order valence-corrected chi connectivity index (χ3v) is 2.21. The summed E-state index contributed by atoms with van der Waals surface area (Å²) in [6.45, 7) is -0.342. The highest BCUT2D eigenvalue weighted by molar-refractivity contribution is 4.91. The van der Waals surface area contributed by atoms with E-state index in [9.17, 15) is 10.2 Å². The van der Waals surface area contributed by atoms with Gasteiger partial charge in [0.2, 0.25) is 0 Å². The fraction of sp³-hybridized carbons (Fsp3) is 1.00. The first-order chi connectivity index (χ1) is 6.11. The van der Waals surface area contributed by atoms with Gasteiger partial charge in [-0.2, -0.15) is 0 Å². The van der Waals surface area contributed by atoms with E-state index in [-0.39, 0.29) is 6.61 Å². The molecular weight excluding hydrogens is 178 g/mol. The number of hydrogen-bond acceptors (Lipinski definition) is 6. The van der Waals surface area contributed by atoms with Gasteiger partial charge in [0.25, 0.3) is 0 Å². The van der Waals surface area contributed by atoms with Crippen molar-refractivity contribution < 1.29 is 24.8 Å². The standard InChI is InChI=1S/C7H15NO5/c1-12-6-5(10)4(8)3(2-9)13-7(6)11/h3-7,9-11H,2,8H2,1H3/t3-,4-,5+,6+,7+/m1/s1.